The normalized spacial score (nSPS) is 22.8. The molecular formula is C19H30N2O2. The van der Waals surface area contributed by atoms with Crippen molar-refractivity contribution in [2.45, 2.75) is 46.0 Å². The van der Waals surface area contributed by atoms with Gasteiger partial charge in [0.15, 0.2) is 0 Å². The van der Waals surface area contributed by atoms with Gasteiger partial charge in [0.25, 0.3) is 0 Å². The third kappa shape index (κ3) is 4.79. The van der Waals surface area contributed by atoms with E-state index in [1.54, 1.807) is 0 Å². The van der Waals surface area contributed by atoms with Crippen LogP contribution in [0, 0.1) is 5.41 Å². The van der Waals surface area contributed by atoms with Crippen LogP contribution in [-0.2, 0) is 10.2 Å². The molecule has 128 valence electrons. The van der Waals surface area contributed by atoms with E-state index >= 15 is 0 Å². The fourth-order valence-electron chi connectivity index (χ4n) is 3.33. The summed E-state index contributed by atoms with van der Waals surface area (Å²) in [6, 6.07) is 7.99. The Labute approximate surface area is 139 Å². The summed E-state index contributed by atoms with van der Waals surface area (Å²) in [4.78, 5) is 14.6. The fraction of sp³-hybridized carbons (Fsp3) is 0.632. The van der Waals surface area contributed by atoms with Crippen LogP contribution in [0.2, 0.25) is 0 Å². The smallest absolute Gasteiger partial charge is 0.238 e. The van der Waals surface area contributed by atoms with Crippen molar-refractivity contribution in [1.29, 1.82) is 0 Å². The Balaban J connectivity index is 2.01. The number of aliphatic hydroxyl groups excluding tert-OH is 1. The molecule has 1 aliphatic heterocycles. The number of hydrogen-bond acceptors (Lipinski definition) is 3. The summed E-state index contributed by atoms with van der Waals surface area (Å²) < 4.78 is 0. The Morgan fingerprint density at radius 3 is 2.70 bits per heavy atom. The average molecular weight is 318 g/mol. The zero-order valence-electron chi connectivity index (χ0n) is 14.9. The predicted molar refractivity (Wildman–Crippen MR) is 94.6 cm³/mol. The van der Waals surface area contributed by atoms with Crippen LogP contribution in [0.15, 0.2) is 24.3 Å². The number of carbonyl (C=O) groups is 1. The number of carbonyl (C=O) groups excluding carboxylic acids is 1. The molecule has 1 amide bonds. The lowest BCUT2D eigenvalue weighted by Gasteiger charge is -2.39. The Morgan fingerprint density at radius 2 is 2.04 bits per heavy atom. The number of aliphatic hydroxyl groups is 1. The largest absolute Gasteiger partial charge is 0.396 e. The van der Waals surface area contributed by atoms with Crippen LogP contribution in [0.5, 0.6) is 0 Å². The van der Waals surface area contributed by atoms with Crippen LogP contribution in [0.4, 0.5) is 5.69 Å². The third-order valence-electron chi connectivity index (χ3n) is 4.62. The van der Waals surface area contributed by atoms with Gasteiger partial charge < -0.3 is 10.4 Å². The first-order valence-corrected chi connectivity index (χ1v) is 8.46. The molecule has 1 fully saturated rings. The summed E-state index contributed by atoms with van der Waals surface area (Å²) in [6.45, 7) is 10.8. The van der Waals surface area contributed by atoms with Crippen molar-refractivity contribution >= 4 is 11.6 Å². The van der Waals surface area contributed by atoms with Gasteiger partial charge in [-0.2, -0.15) is 0 Å². The third-order valence-corrected chi connectivity index (χ3v) is 4.62. The topological polar surface area (TPSA) is 52.6 Å². The Morgan fingerprint density at radius 1 is 1.35 bits per heavy atom. The maximum absolute atomic E-state index is 12.4. The number of benzene rings is 1. The fourth-order valence-corrected chi connectivity index (χ4v) is 3.33. The monoisotopic (exact) mass is 318 g/mol. The van der Waals surface area contributed by atoms with Crippen molar-refractivity contribution in [1.82, 2.24) is 4.90 Å². The maximum atomic E-state index is 12.4. The average Bonchev–Trinajstić information content (AvgIpc) is 2.46. The van der Waals surface area contributed by atoms with Crippen LogP contribution in [0.3, 0.4) is 0 Å². The highest BCUT2D eigenvalue weighted by molar-refractivity contribution is 5.93. The van der Waals surface area contributed by atoms with Gasteiger partial charge in [-0.15, -0.1) is 0 Å². The molecule has 1 saturated heterocycles. The summed E-state index contributed by atoms with van der Waals surface area (Å²) in [5.41, 5.74) is 1.95. The molecule has 4 heteroatoms. The van der Waals surface area contributed by atoms with Crippen molar-refractivity contribution in [3.63, 3.8) is 0 Å². The highest BCUT2D eigenvalue weighted by Gasteiger charge is 2.31. The van der Waals surface area contributed by atoms with E-state index in [0.29, 0.717) is 6.54 Å². The van der Waals surface area contributed by atoms with Gasteiger partial charge in [-0.25, -0.2) is 0 Å². The minimum Gasteiger partial charge on any atom is -0.396 e. The summed E-state index contributed by atoms with van der Waals surface area (Å²) >= 11 is 0. The molecule has 0 aromatic heterocycles. The number of para-hydroxylation sites is 1. The number of hydrogen-bond donors (Lipinski definition) is 2. The number of rotatable bonds is 4. The molecule has 0 radical (unpaired) electrons. The second kappa shape index (κ2) is 7.02. The molecular weight excluding hydrogens is 288 g/mol. The van der Waals surface area contributed by atoms with E-state index in [2.05, 4.69) is 44.0 Å². The quantitative estimate of drug-likeness (QED) is 0.897. The van der Waals surface area contributed by atoms with Crippen molar-refractivity contribution in [3.8, 4) is 0 Å². The SMILES string of the molecule is CC1(CO)CCCN(CC(=O)Nc2ccccc2C(C)(C)C)C1. The molecule has 0 spiro atoms. The van der Waals surface area contributed by atoms with Crippen molar-refractivity contribution in [2.24, 2.45) is 5.41 Å². The van der Waals surface area contributed by atoms with Gasteiger partial charge in [0.2, 0.25) is 5.91 Å². The van der Waals surface area contributed by atoms with Gasteiger partial charge in [-0.3, -0.25) is 9.69 Å². The number of anilines is 1. The van der Waals surface area contributed by atoms with E-state index in [0.717, 1.165) is 37.2 Å². The lowest BCUT2D eigenvalue weighted by Crippen LogP contribution is -2.46. The minimum atomic E-state index is -0.0815. The van der Waals surface area contributed by atoms with Crippen molar-refractivity contribution in [3.05, 3.63) is 29.8 Å². The van der Waals surface area contributed by atoms with Crippen LogP contribution >= 0.6 is 0 Å². The molecule has 23 heavy (non-hydrogen) atoms. The first kappa shape index (κ1) is 18.0. The molecule has 1 heterocycles. The van der Waals surface area contributed by atoms with Gasteiger partial charge >= 0.3 is 0 Å². The summed E-state index contributed by atoms with van der Waals surface area (Å²) in [5, 5.41) is 12.6. The molecule has 2 rings (SSSR count). The van der Waals surface area contributed by atoms with Crippen LogP contribution < -0.4 is 5.32 Å². The van der Waals surface area contributed by atoms with E-state index in [1.165, 1.54) is 0 Å². The Kier molecular flexibility index (Phi) is 5.48. The number of likely N-dealkylation sites (tertiary alicyclic amines) is 1. The molecule has 1 atom stereocenters. The Hall–Kier alpha value is -1.39. The van der Waals surface area contributed by atoms with E-state index in [-0.39, 0.29) is 23.3 Å². The second-order valence-electron chi connectivity index (χ2n) is 8.13. The summed E-state index contributed by atoms with van der Waals surface area (Å²) in [7, 11) is 0. The van der Waals surface area contributed by atoms with E-state index in [1.807, 2.05) is 18.2 Å². The van der Waals surface area contributed by atoms with Crippen LogP contribution in [0.25, 0.3) is 0 Å². The van der Waals surface area contributed by atoms with Gasteiger partial charge in [0, 0.05) is 24.3 Å². The molecule has 4 nitrogen and oxygen atoms in total. The van der Waals surface area contributed by atoms with Crippen molar-refractivity contribution < 1.29 is 9.90 Å². The molecule has 0 saturated carbocycles. The van der Waals surface area contributed by atoms with Gasteiger partial charge in [-0.1, -0.05) is 45.9 Å². The maximum Gasteiger partial charge on any atom is 0.238 e. The molecule has 1 unspecified atom stereocenters. The van der Waals surface area contributed by atoms with Gasteiger partial charge in [-0.05, 0) is 36.4 Å². The van der Waals surface area contributed by atoms with Gasteiger partial charge in [0.1, 0.15) is 0 Å². The standard InChI is InChI=1S/C19H30N2O2/c1-18(2,3)15-8-5-6-9-16(15)20-17(23)12-21-11-7-10-19(4,13-21)14-22/h5-6,8-9,22H,7,10-14H2,1-4H3,(H,20,23). The summed E-state index contributed by atoms with van der Waals surface area (Å²) in [6.07, 6.45) is 2.05. The molecule has 0 aliphatic carbocycles. The number of nitrogens with one attached hydrogen (secondary N) is 1. The predicted octanol–water partition coefficient (Wildman–Crippen LogP) is 3.02. The first-order chi connectivity index (χ1) is 10.7. The highest BCUT2D eigenvalue weighted by atomic mass is 16.3. The summed E-state index contributed by atoms with van der Waals surface area (Å²) in [5.74, 6) is 0.0175. The minimum absolute atomic E-state index is 0.00947. The zero-order valence-corrected chi connectivity index (χ0v) is 14.9. The number of amides is 1. The second-order valence-corrected chi connectivity index (χ2v) is 8.13. The van der Waals surface area contributed by atoms with E-state index in [4.69, 9.17) is 0 Å². The number of piperidine rings is 1. The van der Waals surface area contributed by atoms with Gasteiger partial charge in [0.05, 0.1) is 6.54 Å². The zero-order chi connectivity index (χ0) is 17.1. The number of nitrogens with zero attached hydrogens (tertiary/aromatic N) is 1. The molecule has 1 aromatic carbocycles. The molecule has 0 bridgehead atoms. The van der Waals surface area contributed by atoms with Crippen molar-refractivity contribution in [2.75, 3.05) is 31.6 Å². The van der Waals surface area contributed by atoms with E-state index in [9.17, 15) is 9.90 Å². The Bertz CT molecular complexity index is 551. The first-order valence-electron chi connectivity index (χ1n) is 8.46. The van der Waals surface area contributed by atoms with Crippen LogP contribution in [-0.4, -0.2) is 42.2 Å². The highest BCUT2D eigenvalue weighted by Crippen LogP contribution is 2.30. The van der Waals surface area contributed by atoms with E-state index < -0.39 is 0 Å². The molecule has 2 N–H and O–H groups in total. The lowest BCUT2D eigenvalue weighted by molar-refractivity contribution is -0.118. The molecule has 1 aliphatic rings. The lowest BCUT2D eigenvalue weighted by atomic mass is 9.83. The van der Waals surface area contributed by atoms with Crippen LogP contribution in [0.1, 0.15) is 46.1 Å². The molecule has 1 aromatic rings.